The number of fused-ring (bicyclic) bond motifs is 4. The third kappa shape index (κ3) is 4.55. The molecule has 0 bridgehead atoms. The first-order chi connectivity index (χ1) is 23.6. The highest BCUT2D eigenvalue weighted by atomic mass is 16.7. The molecule has 0 amide bonds. The molecule has 1 saturated heterocycles. The van der Waals surface area contributed by atoms with Crippen LogP contribution in [0.5, 0.6) is 51.7 Å². The van der Waals surface area contributed by atoms with E-state index in [0.717, 1.165) is 30.3 Å². The Kier molecular flexibility index (Phi) is 7.24. The highest BCUT2D eigenvalue weighted by molar-refractivity contribution is 6.10. The lowest BCUT2D eigenvalue weighted by Gasteiger charge is -2.39. The molecule has 4 aromatic carbocycles. The first-order valence-corrected chi connectivity index (χ1v) is 14.4. The molecule has 0 radical (unpaired) electrons. The van der Waals surface area contributed by atoms with E-state index < -0.39 is 155 Å². The lowest BCUT2D eigenvalue weighted by Crippen LogP contribution is -2.60. The average Bonchev–Trinajstić information content (AvgIpc) is 3.05. The molecule has 2 aromatic heterocycles. The Balaban J connectivity index is 1.59. The number of aliphatic hydroxyl groups excluding tert-OH is 4. The number of benzene rings is 4. The van der Waals surface area contributed by atoms with Crippen LogP contribution >= 0.6 is 0 Å². The summed E-state index contributed by atoms with van der Waals surface area (Å²) in [5, 5.41) is 124. The maximum Gasteiger partial charge on any atom is 0.229 e. The van der Waals surface area contributed by atoms with Crippen molar-refractivity contribution in [2.75, 3.05) is 6.61 Å². The summed E-state index contributed by atoms with van der Waals surface area (Å²) in [5.41, 5.74) is -5.96. The van der Waals surface area contributed by atoms with Gasteiger partial charge in [0, 0.05) is 23.8 Å². The van der Waals surface area contributed by atoms with Crippen LogP contribution in [0.2, 0.25) is 0 Å². The Morgan fingerprint density at radius 2 is 1.28 bits per heavy atom. The van der Waals surface area contributed by atoms with E-state index in [0.29, 0.717) is 0 Å². The van der Waals surface area contributed by atoms with E-state index in [1.54, 1.807) is 0 Å². The number of ether oxygens (including phenoxy) is 2. The summed E-state index contributed by atoms with van der Waals surface area (Å²) < 4.78 is 22.1. The minimum Gasteiger partial charge on any atom is -0.508 e. The summed E-state index contributed by atoms with van der Waals surface area (Å²) >= 11 is 0. The molecule has 5 unspecified atom stereocenters. The molecule has 7 rings (SSSR count). The van der Waals surface area contributed by atoms with Gasteiger partial charge in [-0.25, -0.2) is 0 Å². The molecule has 1 fully saturated rings. The standard InChI is InChI=1S/C32H24O18/c33-6-16-23(41)27(45)28(46)32(49-16)50-31-25(43)17(30-20(26(31)44)21(39)8-3-10(35)11(36)5-14(8)47-30)9-4-13(38)29-19(22(9)40)24(42)18-12(37)1-7(34)2-15(18)48-29/h1-5,16,23,27-28,32-38,40-41,43-46H,6H2. The van der Waals surface area contributed by atoms with Gasteiger partial charge in [-0.2, -0.15) is 0 Å². The van der Waals surface area contributed by atoms with Crippen LogP contribution < -0.4 is 15.6 Å². The zero-order valence-corrected chi connectivity index (χ0v) is 24.8. The third-order valence-electron chi connectivity index (χ3n) is 8.44. The molecule has 0 aliphatic carbocycles. The molecule has 5 atom stereocenters. The van der Waals surface area contributed by atoms with Crippen LogP contribution in [0.3, 0.4) is 0 Å². The zero-order valence-electron chi connectivity index (χ0n) is 24.8. The van der Waals surface area contributed by atoms with E-state index in [1.165, 1.54) is 0 Å². The molecule has 1 aliphatic rings. The van der Waals surface area contributed by atoms with E-state index in [2.05, 4.69) is 0 Å². The maximum atomic E-state index is 13.8. The summed E-state index contributed by atoms with van der Waals surface area (Å²) in [6.45, 7) is -0.895. The second-order valence-electron chi connectivity index (χ2n) is 11.5. The summed E-state index contributed by atoms with van der Waals surface area (Å²) in [6.07, 6.45) is -9.51. The zero-order chi connectivity index (χ0) is 36.1. The van der Waals surface area contributed by atoms with Gasteiger partial charge in [0.2, 0.25) is 22.9 Å². The fourth-order valence-electron chi connectivity index (χ4n) is 5.97. The monoisotopic (exact) mass is 696 g/mol. The second kappa shape index (κ2) is 11.2. The van der Waals surface area contributed by atoms with Gasteiger partial charge >= 0.3 is 0 Å². The third-order valence-corrected chi connectivity index (χ3v) is 8.44. The van der Waals surface area contributed by atoms with E-state index in [1.807, 2.05) is 0 Å². The number of hydrogen-bond acceptors (Lipinski definition) is 18. The van der Waals surface area contributed by atoms with Crippen molar-refractivity contribution in [1.29, 1.82) is 0 Å². The highest BCUT2D eigenvalue weighted by Crippen LogP contribution is 2.54. The molecular formula is C32H24O18. The van der Waals surface area contributed by atoms with Crippen LogP contribution in [-0.2, 0) is 4.74 Å². The molecule has 6 aromatic rings. The number of rotatable bonds is 4. The van der Waals surface area contributed by atoms with Gasteiger partial charge in [0.1, 0.15) is 69.0 Å². The minimum absolute atomic E-state index is 0.392. The van der Waals surface area contributed by atoms with E-state index >= 15 is 0 Å². The first kappa shape index (κ1) is 32.4. The van der Waals surface area contributed by atoms with Crippen LogP contribution in [0, 0.1) is 0 Å². The summed E-state index contributed by atoms with van der Waals surface area (Å²) in [5.74, 6) is -8.21. The minimum atomic E-state index is -2.10. The van der Waals surface area contributed by atoms with Crippen molar-refractivity contribution in [3.05, 3.63) is 50.8 Å². The molecule has 3 heterocycles. The normalized spacial score (nSPS) is 21.0. The molecule has 1 aliphatic heterocycles. The maximum absolute atomic E-state index is 13.8. The number of hydrogen-bond donors (Lipinski definition) is 12. The summed E-state index contributed by atoms with van der Waals surface area (Å²) in [4.78, 5) is 27.5. The lowest BCUT2D eigenvalue weighted by atomic mass is 9.95. The Morgan fingerprint density at radius 3 is 1.98 bits per heavy atom. The van der Waals surface area contributed by atoms with Crippen molar-refractivity contribution in [3.8, 4) is 62.9 Å². The Morgan fingerprint density at radius 1 is 0.620 bits per heavy atom. The van der Waals surface area contributed by atoms with Crippen LogP contribution in [-0.4, -0.2) is 98.6 Å². The number of aliphatic hydroxyl groups is 4. The van der Waals surface area contributed by atoms with Crippen LogP contribution in [0.15, 0.2) is 48.8 Å². The largest absolute Gasteiger partial charge is 0.508 e. The highest BCUT2D eigenvalue weighted by Gasteiger charge is 2.45. The van der Waals surface area contributed by atoms with E-state index in [9.17, 15) is 70.9 Å². The van der Waals surface area contributed by atoms with Gasteiger partial charge in [0.15, 0.2) is 39.9 Å². The lowest BCUT2D eigenvalue weighted by molar-refractivity contribution is -0.277. The van der Waals surface area contributed by atoms with Crippen molar-refractivity contribution in [2.24, 2.45) is 0 Å². The van der Waals surface area contributed by atoms with Crippen LogP contribution in [0.1, 0.15) is 0 Å². The van der Waals surface area contributed by atoms with Gasteiger partial charge in [-0.05, 0) is 12.1 Å². The van der Waals surface area contributed by atoms with E-state index in [-0.39, 0.29) is 0 Å². The first-order valence-electron chi connectivity index (χ1n) is 14.4. The van der Waals surface area contributed by atoms with Crippen LogP contribution in [0.25, 0.3) is 55.0 Å². The Labute approximate surface area is 274 Å². The van der Waals surface area contributed by atoms with Gasteiger partial charge in [-0.1, -0.05) is 0 Å². The topological polar surface area (TPSA) is 322 Å². The predicted molar refractivity (Wildman–Crippen MR) is 167 cm³/mol. The smallest absolute Gasteiger partial charge is 0.229 e. The number of phenolic OH excluding ortho intramolecular Hbond substituents is 8. The summed E-state index contributed by atoms with van der Waals surface area (Å²) in [7, 11) is 0. The molecule has 260 valence electrons. The second-order valence-corrected chi connectivity index (χ2v) is 11.5. The van der Waals surface area contributed by atoms with E-state index in [4.69, 9.17) is 18.3 Å². The van der Waals surface area contributed by atoms with Crippen molar-refractivity contribution >= 4 is 43.9 Å². The SMILES string of the molecule is O=c1c2cc(O)c(O)cc2oc2c(-c3cc(O)c4oc5cc(O)cc(O)c5c(=O)c4c3O)c(O)c(OC3OC(CO)C(O)C(O)C3O)c(O)c12. The van der Waals surface area contributed by atoms with Crippen molar-refractivity contribution in [2.45, 2.75) is 30.7 Å². The molecule has 18 nitrogen and oxygen atoms in total. The number of phenols is 8. The Hall–Kier alpha value is -6.18. The molecular weight excluding hydrogens is 672 g/mol. The molecule has 18 heteroatoms. The fraction of sp³-hybridized carbons (Fsp3) is 0.188. The van der Waals surface area contributed by atoms with Gasteiger partial charge in [-0.15, -0.1) is 0 Å². The number of aromatic hydroxyl groups is 8. The van der Waals surface area contributed by atoms with Gasteiger partial charge in [0.25, 0.3) is 0 Å². The molecule has 0 spiro atoms. The predicted octanol–water partition coefficient (Wildman–Crippen LogP) is 0.696. The molecule has 50 heavy (non-hydrogen) atoms. The van der Waals surface area contributed by atoms with Crippen molar-refractivity contribution in [3.63, 3.8) is 0 Å². The van der Waals surface area contributed by atoms with Crippen molar-refractivity contribution < 1.29 is 79.6 Å². The molecule has 12 N–H and O–H groups in total. The fourth-order valence-corrected chi connectivity index (χ4v) is 5.97. The van der Waals surface area contributed by atoms with Crippen molar-refractivity contribution in [1.82, 2.24) is 0 Å². The summed E-state index contributed by atoms with van der Waals surface area (Å²) in [6, 6.07) is 4.12. The van der Waals surface area contributed by atoms with Gasteiger partial charge in [-0.3, -0.25) is 9.59 Å². The van der Waals surface area contributed by atoms with Crippen LogP contribution in [0.4, 0.5) is 0 Å². The Bertz CT molecular complexity index is 2530. The molecule has 0 saturated carbocycles. The van der Waals surface area contributed by atoms with Gasteiger partial charge in [0.05, 0.1) is 17.6 Å². The average molecular weight is 697 g/mol. The van der Waals surface area contributed by atoms with Gasteiger partial charge < -0.3 is 79.6 Å². The quantitative estimate of drug-likeness (QED) is 0.0685.